The largest absolute Gasteiger partial charge is 0.389 e. The van der Waals surface area contributed by atoms with E-state index in [9.17, 15) is 9.50 Å². The summed E-state index contributed by atoms with van der Waals surface area (Å²) in [6.07, 6.45) is 3.32. The number of β-amino-alcohol motifs (C(OH)–C–C–N with tert-alkyl or cyclic N) is 1. The summed E-state index contributed by atoms with van der Waals surface area (Å²) < 4.78 is 19.0. The molecule has 1 fully saturated rings. The van der Waals surface area contributed by atoms with E-state index in [1.54, 1.807) is 24.4 Å². The van der Waals surface area contributed by atoms with Crippen LogP contribution in [0.15, 0.2) is 36.5 Å². The van der Waals surface area contributed by atoms with Gasteiger partial charge in [0.05, 0.1) is 31.1 Å². The molecule has 1 saturated heterocycles. The average Bonchev–Trinajstić information content (AvgIpc) is 3.20. The van der Waals surface area contributed by atoms with Gasteiger partial charge in [0, 0.05) is 18.3 Å². The first kappa shape index (κ1) is 16.1. The van der Waals surface area contributed by atoms with Gasteiger partial charge in [-0.3, -0.25) is 10.00 Å². The van der Waals surface area contributed by atoms with Crippen molar-refractivity contribution in [3.05, 3.63) is 53.6 Å². The number of nitrogens with one attached hydrogen (secondary N) is 1. The fourth-order valence-corrected chi connectivity index (χ4v) is 3.09. The van der Waals surface area contributed by atoms with E-state index in [-0.39, 0.29) is 25.1 Å². The molecule has 124 valence electrons. The molecule has 6 heteroatoms. The number of halogens is 1. The van der Waals surface area contributed by atoms with E-state index in [1.165, 1.54) is 6.07 Å². The smallest absolute Gasteiger partial charge is 0.128 e. The molecular weight excluding hydrogens is 297 g/mol. The van der Waals surface area contributed by atoms with E-state index in [2.05, 4.69) is 15.1 Å². The fraction of sp³-hybridized carbons (Fsp3) is 0.471. The first-order chi connectivity index (χ1) is 11.2. The molecule has 1 aliphatic heterocycles. The normalized spacial score (nSPS) is 20.0. The molecule has 0 radical (unpaired) electrons. The second kappa shape index (κ2) is 7.68. The van der Waals surface area contributed by atoms with E-state index in [1.807, 2.05) is 6.07 Å². The Balaban J connectivity index is 1.46. The second-order valence-corrected chi connectivity index (χ2v) is 5.93. The summed E-state index contributed by atoms with van der Waals surface area (Å²) in [6, 6.07) is 8.78. The highest BCUT2D eigenvalue weighted by molar-refractivity contribution is 5.16. The lowest BCUT2D eigenvalue weighted by Gasteiger charge is -2.25. The number of aromatic amines is 1. The van der Waals surface area contributed by atoms with Crippen molar-refractivity contribution in [1.82, 2.24) is 15.1 Å². The number of hydrogen-bond acceptors (Lipinski definition) is 4. The predicted molar refractivity (Wildman–Crippen MR) is 84.2 cm³/mol. The molecule has 5 nitrogen and oxygen atoms in total. The van der Waals surface area contributed by atoms with Crippen molar-refractivity contribution in [2.24, 2.45) is 0 Å². The molecule has 0 amide bonds. The Morgan fingerprint density at radius 3 is 3.04 bits per heavy atom. The zero-order chi connectivity index (χ0) is 16.1. The third-order valence-corrected chi connectivity index (χ3v) is 4.22. The quantitative estimate of drug-likeness (QED) is 0.822. The van der Waals surface area contributed by atoms with Crippen LogP contribution in [0, 0.1) is 5.82 Å². The second-order valence-electron chi connectivity index (χ2n) is 5.93. The lowest BCUT2D eigenvalue weighted by Crippen LogP contribution is -2.34. The van der Waals surface area contributed by atoms with Gasteiger partial charge < -0.3 is 9.84 Å². The van der Waals surface area contributed by atoms with Crippen molar-refractivity contribution in [3.63, 3.8) is 0 Å². The van der Waals surface area contributed by atoms with Crippen molar-refractivity contribution in [2.75, 3.05) is 19.7 Å². The van der Waals surface area contributed by atoms with Gasteiger partial charge >= 0.3 is 0 Å². The molecule has 2 aromatic rings. The predicted octanol–water partition coefficient (Wildman–Crippen LogP) is 2.26. The minimum atomic E-state index is -0.592. The summed E-state index contributed by atoms with van der Waals surface area (Å²) in [4.78, 5) is 2.24. The van der Waals surface area contributed by atoms with Crippen molar-refractivity contribution in [1.29, 1.82) is 0 Å². The highest BCUT2D eigenvalue weighted by Gasteiger charge is 2.28. The molecule has 3 rings (SSSR count). The fourth-order valence-electron chi connectivity index (χ4n) is 3.09. The maximum atomic E-state index is 13.5. The molecule has 0 spiro atoms. The monoisotopic (exact) mass is 319 g/mol. The molecule has 0 bridgehead atoms. The Labute approximate surface area is 135 Å². The van der Waals surface area contributed by atoms with Gasteiger partial charge in [-0.15, -0.1) is 0 Å². The van der Waals surface area contributed by atoms with Crippen LogP contribution in [0.2, 0.25) is 0 Å². The number of aliphatic hydroxyl groups excluding tert-OH is 1. The van der Waals surface area contributed by atoms with Gasteiger partial charge in [-0.1, -0.05) is 18.2 Å². The topological polar surface area (TPSA) is 61.4 Å². The van der Waals surface area contributed by atoms with Crippen LogP contribution in [-0.4, -0.2) is 46.0 Å². The molecular formula is C17H22FN3O2. The molecule has 2 N–H and O–H groups in total. The van der Waals surface area contributed by atoms with Crippen LogP contribution in [0.25, 0.3) is 0 Å². The number of hydrogen-bond donors (Lipinski definition) is 2. The van der Waals surface area contributed by atoms with Gasteiger partial charge in [0.15, 0.2) is 0 Å². The first-order valence-corrected chi connectivity index (χ1v) is 7.96. The Morgan fingerprint density at radius 1 is 1.39 bits per heavy atom. The minimum Gasteiger partial charge on any atom is -0.389 e. The number of likely N-dealkylation sites (tertiary alicyclic amines) is 1. The van der Waals surface area contributed by atoms with Gasteiger partial charge in [0.1, 0.15) is 5.82 Å². The van der Waals surface area contributed by atoms with Crippen molar-refractivity contribution in [3.8, 4) is 0 Å². The van der Waals surface area contributed by atoms with E-state index in [0.717, 1.165) is 25.1 Å². The third kappa shape index (κ3) is 4.16. The molecule has 2 atom stereocenters. The Morgan fingerprint density at radius 2 is 2.26 bits per heavy atom. The van der Waals surface area contributed by atoms with Crippen molar-refractivity contribution >= 4 is 0 Å². The summed E-state index contributed by atoms with van der Waals surface area (Å²) in [5, 5.41) is 17.2. The number of benzene rings is 1. The number of H-pyrrole nitrogens is 1. The lowest BCUT2D eigenvalue weighted by atomic mass is 10.1. The summed E-state index contributed by atoms with van der Waals surface area (Å²) in [5.74, 6) is -0.277. The van der Waals surface area contributed by atoms with Gasteiger partial charge in [0.2, 0.25) is 0 Å². The summed E-state index contributed by atoms with van der Waals surface area (Å²) >= 11 is 0. The molecule has 1 aromatic heterocycles. The molecule has 0 aliphatic carbocycles. The van der Waals surface area contributed by atoms with Crippen LogP contribution in [-0.2, 0) is 11.3 Å². The average molecular weight is 319 g/mol. The number of ether oxygens (including phenoxy) is 1. The number of aromatic nitrogens is 2. The highest BCUT2D eigenvalue weighted by Crippen LogP contribution is 2.30. The SMILES string of the molecule is OC(COCc1ccccc1F)CN1CCCC1c1ccn[nH]1. The van der Waals surface area contributed by atoms with Crippen LogP contribution in [0.3, 0.4) is 0 Å². The van der Waals surface area contributed by atoms with E-state index < -0.39 is 6.10 Å². The Kier molecular flexibility index (Phi) is 5.38. The zero-order valence-corrected chi connectivity index (χ0v) is 13.0. The highest BCUT2D eigenvalue weighted by atomic mass is 19.1. The maximum Gasteiger partial charge on any atom is 0.128 e. The molecule has 2 unspecified atom stereocenters. The number of nitrogens with zero attached hydrogens (tertiary/aromatic N) is 2. The van der Waals surface area contributed by atoms with Gasteiger partial charge in [-0.05, 0) is 31.5 Å². The molecule has 1 aliphatic rings. The first-order valence-electron chi connectivity index (χ1n) is 7.96. The lowest BCUT2D eigenvalue weighted by molar-refractivity contribution is 0.00675. The summed E-state index contributed by atoms with van der Waals surface area (Å²) in [6.45, 7) is 1.86. The third-order valence-electron chi connectivity index (χ3n) is 4.22. The van der Waals surface area contributed by atoms with E-state index in [0.29, 0.717) is 12.1 Å². The van der Waals surface area contributed by atoms with Crippen LogP contribution in [0.4, 0.5) is 4.39 Å². The van der Waals surface area contributed by atoms with Crippen LogP contribution in [0.1, 0.15) is 30.1 Å². The summed E-state index contributed by atoms with van der Waals surface area (Å²) in [5.41, 5.74) is 1.60. The van der Waals surface area contributed by atoms with Gasteiger partial charge in [-0.25, -0.2) is 4.39 Å². The van der Waals surface area contributed by atoms with Crippen LogP contribution in [0.5, 0.6) is 0 Å². The van der Waals surface area contributed by atoms with Crippen molar-refractivity contribution in [2.45, 2.75) is 31.6 Å². The van der Waals surface area contributed by atoms with Crippen LogP contribution < -0.4 is 0 Å². The molecule has 23 heavy (non-hydrogen) atoms. The van der Waals surface area contributed by atoms with Crippen molar-refractivity contribution < 1.29 is 14.2 Å². The maximum absolute atomic E-state index is 13.5. The number of rotatable bonds is 7. The minimum absolute atomic E-state index is 0.174. The van der Waals surface area contributed by atoms with E-state index >= 15 is 0 Å². The molecule has 2 heterocycles. The van der Waals surface area contributed by atoms with Crippen LogP contribution >= 0.6 is 0 Å². The number of aliphatic hydroxyl groups is 1. The van der Waals surface area contributed by atoms with Gasteiger partial charge in [0.25, 0.3) is 0 Å². The Bertz CT molecular complexity index is 606. The van der Waals surface area contributed by atoms with E-state index in [4.69, 9.17) is 4.74 Å². The standard InChI is InChI=1S/C17H22FN3O2/c18-15-5-2-1-4-13(15)11-23-12-14(22)10-21-9-3-6-17(21)16-7-8-19-20-16/h1-2,4-5,7-8,14,17,22H,3,6,9-12H2,(H,19,20). The van der Waals surface area contributed by atoms with Gasteiger partial charge in [-0.2, -0.15) is 5.10 Å². The zero-order valence-electron chi connectivity index (χ0n) is 13.0. The molecule has 1 aromatic carbocycles. The summed E-state index contributed by atoms with van der Waals surface area (Å²) in [7, 11) is 0. The Hall–Kier alpha value is -1.76. The molecule has 0 saturated carbocycles.